The van der Waals surface area contributed by atoms with Crippen LogP contribution in [0.1, 0.15) is 0 Å². The van der Waals surface area contributed by atoms with Gasteiger partial charge in [0.2, 0.25) is 5.95 Å². The zero-order chi connectivity index (χ0) is 8.10. The highest BCUT2D eigenvalue weighted by molar-refractivity contribution is 5.23. The number of nitrogens with zero attached hydrogens (tertiary/aromatic N) is 2. The van der Waals surface area contributed by atoms with E-state index in [2.05, 4.69) is 10.3 Å². The fourth-order valence-electron chi connectivity index (χ4n) is 0.907. The van der Waals surface area contributed by atoms with Gasteiger partial charge in [0.15, 0.2) is 0 Å². The van der Waals surface area contributed by atoms with E-state index in [1.54, 1.807) is 13.3 Å². The molecular formula is C7H13N3O. The second-order valence-electron chi connectivity index (χ2n) is 2.19. The Labute approximate surface area is 66.2 Å². The summed E-state index contributed by atoms with van der Waals surface area (Å²) in [5.74, 6) is 0.877. The highest BCUT2D eigenvalue weighted by Crippen LogP contribution is 2.01. The molecule has 0 saturated carbocycles. The van der Waals surface area contributed by atoms with E-state index < -0.39 is 0 Å². The van der Waals surface area contributed by atoms with Crippen LogP contribution >= 0.6 is 0 Å². The summed E-state index contributed by atoms with van der Waals surface area (Å²) in [5, 5.41) is 2.98. The third-order valence-corrected chi connectivity index (χ3v) is 1.48. The van der Waals surface area contributed by atoms with Crippen LogP contribution in [0.3, 0.4) is 0 Å². The molecule has 1 aromatic heterocycles. The molecule has 0 aromatic carbocycles. The number of imidazole rings is 1. The van der Waals surface area contributed by atoms with Crippen molar-refractivity contribution in [2.75, 3.05) is 26.1 Å². The molecule has 0 spiro atoms. The van der Waals surface area contributed by atoms with Gasteiger partial charge in [-0.15, -0.1) is 0 Å². The second-order valence-corrected chi connectivity index (χ2v) is 2.19. The molecule has 0 atom stereocenters. The molecule has 4 nitrogen and oxygen atoms in total. The summed E-state index contributed by atoms with van der Waals surface area (Å²) < 4.78 is 6.94. The van der Waals surface area contributed by atoms with Crippen molar-refractivity contribution in [2.45, 2.75) is 6.54 Å². The van der Waals surface area contributed by atoms with Crippen molar-refractivity contribution in [3.05, 3.63) is 12.4 Å². The number of nitrogens with one attached hydrogen (secondary N) is 1. The molecule has 0 aliphatic rings. The monoisotopic (exact) mass is 155 g/mol. The number of methoxy groups -OCH3 is 1. The average molecular weight is 155 g/mol. The molecule has 0 aliphatic carbocycles. The zero-order valence-corrected chi connectivity index (χ0v) is 6.87. The maximum absolute atomic E-state index is 4.94. The fourth-order valence-corrected chi connectivity index (χ4v) is 0.907. The van der Waals surface area contributed by atoms with Crippen molar-refractivity contribution in [3.8, 4) is 0 Å². The van der Waals surface area contributed by atoms with Crippen LogP contribution in [0.25, 0.3) is 0 Å². The highest BCUT2D eigenvalue weighted by Gasteiger charge is 1.97. The maximum Gasteiger partial charge on any atom is 0.202 e. The minimum absolute atomic E-state index is 0.713. The predicted octanol–water partition coefficient (Wildman–Crippen LogP) is 0.571. The summed E-state index contributed by atoms with van der Waals surface area (Å²) >= 11 is 0. The van der Waals surface area contributed by atoms with Crippen molar-refractivity contribution in [1.29, 1.82) is 0 Å². The Morgan fingerprint density at radius 3 is 3.18 bits per heavy atom. The third-order valence-electron chi connectivity index (χ3n) is 1.48. The largest absolute Gasteiger partial charge is 0.383 e. The maximum atomic E-state index is 4.94. The minimum atomic E-state index is 0.713. The van der Waals surface area contributed by atoms with Gasteiger partial charge in [0.1, 0.15) is 0 Å². The first-order valence-electron chi connectivity index (χ1n) is 3.56. The number of hydrogen-bond acceptors (Lipinski definition) is 3. The molecule has 0 fully saturated rings. The van der Waals surface area contributed by atoms with Gasteiger partial charge in [-0.25, -0.2) is 4.98 Å². The van der Waals surface area contributed by atoms with Gasteiger partial charge < -0.3 is 14.6 Å². The van der Waals surface area contributed by atoms with E-state index in [1.807, 2.05) is 17.8 Å². The zero-order valence-electron chi connectivity index (χ0n) is 6.87. The Bertz CT molecular complexity index is 209. The Morgan fingerprint density at radius 1 is 1.73 bits per heavy atom. The standard InChI is InChI=1S/C7H13N3O/c1-8-7-9-3-4-10(7)5-6-11-2/h3-4H,5-6H2,1-2H3,(H,8,9). The molecule has 0 radical (unpaired) electrons. The molecule has 1 heterocycles. The molecule has 4 heteroatoms. The molecule has 62 valence electrons. The van der Waals surface area contributed by atoms with Crippen LogP contribution in [-0.4, -0.2) is 30.3 Å². The number of anilines is 1. The van der Waals surface area contributed by atoms with E-state index in [4.69, 9.17) is 4.74 Å². The smallest absolute Gasteiger partial charge is 0.202 e. The van der Waals surface area contributed by atoms with Gasteiger partial charge in [0.05, 0.1) is 6.61 Å². The summed E-state index contributed by atoms with van der Waals surface area (Å²) in [6.07, 6.45) is 3.69. The van der Waals surface area contributed by atoms with Gasteiger partial charge in [-0.2, -0.15) is 0 Å². The topological polar surface area (TPSA) is 39.1 Å². The Kier molecular flexibility index (Phi) is 2.92. The van der Waals surface area contributed by atoms with Crippen LogP contribution in [0.15, 0.2) is 12.4 Å². The van der Waals surface area contributed by atoms with Crippen molar-refractivity contribution in [3.63, 3.8) is 0 Å². The summed E-state index contributed by atoms with van der Waals surface area (Å²) in [5.41, 5.74) is 0. The summed E-state index contributed by atoms with van der Waals surface area (Å²) in [6.45, 7) is 1.55. The summed E-state index contributed by atoms with van der Waals surface area (Å²) in [6, 6.07) is 0. The quantitative estimate of drug-likeness (QED) is 0.691. The van der Waals surface area contributed by atoms with Crippen molar-refractivity contribution >= 4 is 5.95 Å². The third kappa shape index (κ3) is 1.94. The van der Waals surface area contributed by atoms with Crippen molar-refractivity contribution in [2.24, 2.45) is 0 Å². The predicted molar refractivity (Wildman–Crippen MR) is 43.6 cm³/mol. The molecular weight excluding hydrogens is 142 g/mol. The van der Waals surface area contributed by atoms with E-state index in [1.165, 1.54) is 0 Å². The lowest BCUT2D eigenvalue weighted by Crippen LogP contribution is -2.06. The SMILES string of the molecule is CNc1nccn1CCOC. The van der Waals surface area contributed by atoms with Crippen LogP contribution in [0.2, 0.25) is 0 Å². The van der Waals surface area contributed by atoms with Crippen LogP contribution in [-0.2, 0) is 11.3 Å². The summed E-state index contributed by atoms with van der Waals surface area (Å²) in [4.78, 5) is 4.08. The van der Waals surface area contributed by atoms with E-state index in [0.29, 0.717) is 6.61 Å². The molecule has 0 unspecified atom stereocenters. The average Bonchev–Trinajstić information content (AvgIpc) is 2.47. The van der Waals surface area contributed by atoms with Crippen LogP contribution in [0.4, 0.5) is 5.95 Å². The lowest BCUT2D eigenvalue weighted by atomic mass is 10.6. The second kappa shape index (κ2) is 3.98. The molecule has 0 amide bonds. The Morgan fingerprint density at radius 2 is 2.55 bits per heavy atom. The molecule has 1 aromatic rings. The first-order valence-corrected chi connectivity index (χ1v) is 3.56. The molecule has 0 saturated heterocycles. The highest BCUT2D eigenvalue weighted by atomic mass is 16.5. The van der Waals surface area contributed by atoms with Gasteiger partial charge in [-0.05, 0) is 0 Å². The van der Waals surface area contributed by atoms with Gasteiger partial charge >= 0.3 is 0 Å². The minimum Gasteiger partial charge on any atom is -0.383 e. The van der Waals surface area contributed by atoms with E-state index in [9.17, 15) is 0 Å². The molecule has 11 heavy (non-hydrogen) atoms. The van der Waals surface area contributed by atoms with Gasteiger partial charge in [-0.3, -0.25) is 0 Å². The van der Waals surface area contributed by atoms with Gasteiger partial charge in [0, 0.05) is 33.1 Å². The van der Waals surface area contributed by atoms with Crippen LogP contribution in [0.5, 0.6) is 0 Å². The number of rotatable bonds is 4. The van der Waals surface area contributed by atoms with E-state index in [-0.39, 0.29) is 0 Å². The first-order chi connectivity index (χ1) is 5.38. The lowest BCUT2D eigenvalue weighted by Gasteiger charge is -2.04. The lowest BCUT2D eigenvalue weighted by molar-refractivity contribution is 0.188. The Hall–Kier alpha value is -1.03. The van der Waals surface area contributed by atoms with E-state index in [0.717, 1.165) is 12.5 Å². The molecule has 1 rings (SSSR count). The Balaban J connectivity index is 2.54. The number of hydrogen-bond donors (Lipinski definition) is 1. The summed E-state index contributed by atoms with van der Waals surface area (Å²) in [7, 11) is 3.54. The number of ether oxygens (including phenoxy) is 1. The van der Waals surface area contributed by atoms with Crippen LogP contribution < -0.4 is 5.32 Å². The van der Waals surface area contributed by atoms with E-state index >= 15 is 0 Å². The first kappa shape index (κ1) is 8.07. The molecule has 0 bridgehead atoms. The number of aromatic nitrogens is 2. The molecule has 1 N–H and O–H groups in total. The fraction of sp³-hybridized carbons (Fsp3) is 0.571. The van der Waals surface area contributed by atoms with Crippen molar-refractivity contribution in [1.82, 2.24) is 9.55 Å². The van der Waals surface area contributed by atoms with Gasteiger partial charge in [-0.1, -0.05) is 0 Å². The van der Waals surface area contributed by atoms with Crippen LogP contribution in [0, 0.1) is 0 Å². The molecule has 0 aliphatic heterocycles. The normalized spacial score (nSPS) is 10.0. The van der Waals surface area contributed by atoms with Gasteiger partial charge in [0.25, 0.3) is 0 Å². The van der Waals surface area contributed by atoms with Crippen molar-refractivity contribution < 1.29 is 4.74 Å².